The highest BCUT2D eigenvalue weighted by molar-refractivity contribution is 7.99. The molecule has 0 spiro atoms. The molecule has 2 rings (SSSR count). The van der Waals surface area contributed by atoms with Gasteiger partial charge in [-0.2, -0.15) is 11.8 Å². The number of halogens is 1. The van der Waals surface area contributed by atoms with E-state index in [9.17, 15) is 9.59 Å². The van der Waals surface area contributed by atoms with Crippen molar-refractivity contribution >= 4 is 41.7 Å². The van der Waals surface area contributed by atoms with Gasteiger partial charge in [-0.1, -0.05) is 6.07 Å². The van der Waals surface area contributed by atoms with Crippen molar-refractivity contribution in [2.75, 3.05) is 23.4 Å². The van der Waals surface area contributed by atoms with Gasteiger partial charge in [-0.25, -0.2) is 0 Å². The van der Waals surface area contributed by atoms with Crippen LogP contribution in [0.15, 0.2) is 24.3 Å². The first-order valence-electron chi connectivity index (χ1n) is 6.16. The Kier molecular flexibility index (Phi) is 6.84. The lowest BCUT2D eigenvalue weighted by Gasteiger charge is -2.22. The van der Waals surface area contributed by atoms with E-state index < -0.39 is 5.91 Å². The van der Waals surface area contributed by atoms with Crippen LogP contribution in [0.2, 0.25) is 0 Å². The van der Waals surface area contributed by atoms with E-state index in [2.05, 4.69) is 10.6 Å². The van der Waals surface area contributed by atoms with E-state index in [1.165, 1.54) is 0 Å². The smallest absolute Gasteiger partial charge is 0.248 e. The molecule has 1 aliphatic heterocycles. The van der Waals surface area contributed by atoms with E-state index in [0.717, 1.165) is 18.1 Å². The van der Waals surface area contributed by atoms with E-state index in [1.807, 2.05) is 11.8 Å². The SMILES string of the molecule is Cl.NC(=O)c1cccc(NC(=O)CC2CSCCN2)c1. The molecule has 0 bridgehead atoms. The maximum atomic E-state index is 11.9. The fourth-order valence-electron chi connectivity index (χ4n) is 1.94. The largest absolute Gasteiger partial charge is 0.366 e. The summed E-state index contributed by atoms with van der Waals surface area (Å²) in [6.07, 6.45) is 0.438. The minimum atomic E-state index is -0.499. The maximum absolute atomic E-state index is 11.9. The number of nitrogens with two attached hydrogens (primary N) is 1. The van der Waals surface area contributed by atoms with Gasteiger partial charge in [-0.05, 0) is 18.2 Å². The second-order valence-electron chi connectivity index (χ2n) is 4.42. The van der Waals surface area contributed by atoms with E-state index >= 15 is 0 Å². The van der Waals surface area contributed by atoms with Crippen molar-refractivity contribution in [3.63, 3.8) is 0 Å². The second-order valence-corrected chi connectivity index (χ2v) is 5.57. The molecule has 1 saturated heterocycles. The number of carbonyl (C=O) groups excluding carboxylic acids is 2. The molecule has 110 valence electrons. The molecule has 20 heavy (non-hydrogen) atoms. The van der Waals surface area contributed by atoms with Crippen LogP contribution in [0.25, 0.3) is 0 Å². The van der Waals surface area contributed by atoms with Crippen LogP contribution < -0.4 is 16.4 Å². The molecule has 7 heteroatoms. The van der Waals surface area contributed by atoms with Crippen molar-refractivity contribution in [1.29, 1.82) is 0 Å². The molecule has 1 aliphatic rings. The summed E-state index contributed by atoms with van der Waals surface area (Å²) >= 11 is 1.85. The van der Waals surface area contributed by atoms with Gasteiger partial charge in [0.05, 0.1) is 0 Å². The maximum Gasteiger partial charge on any atom is 0.248 e. The lowest BCUT2D eigenvalue weighted by molar-refractivity contribution is -0.116. The molecule has 0 saturated carbocycles. The quantitative estimate of drug-likeness (QED) is 0.780. The molecule has 4 N–H and O–H groups in total. The van der Waals surface area contributed by atoms with Crippen molar-refractivity contribution < 1.29 is 9.59 Å². The average Bonchev–Trinajstić information content (AvgIpc) is 2.40. The molecule has 0 radical (unpaired) electrons. The molecule has 0 aromatic heterocycles. The van der Waals surface area contributed by atoms with Gasteiger partial charge in [0.1, 0.15) is 0 Å². The van der Waals surface area contributed by atoms with Gasteiger partial charge >= 0.3 is 0 Å². The Labute approximate surface area is 128 Å². The minimum absolute atomic E-state index is 0. The number of nitrogens with one attached hydrogen (secondary N) is 2. The van der Waals surface area contributed by atoms with Crippen molar-refractivity contribution in [2.45, 2.75) is 12.5 Å². The number of benzene rings is 1. The topological polar surface area (TPSA) is 84.2 Å². The van der Waals surface area contributed by atoms with E-state index in [1.54, 1.807) is 24.3 Å². The van der Waals surface area contributed by atoms with Crippen LogP contribution in [0, 0.1) is 0 Å². The zero-order valence-corrected chi connectivity index (χ0v) is 12.6. The van der Waals surface area contributed by atoms with Crippen molar-refractivity contribution in [2.24, 2.45) is 5.73 Å². The van der Waals surface area contributed by atoms with Crippen LogP contribution in [0.4, 0.5) is 5.69 Å². The first kappa shape index (κ1) is 16.8. The van der Waals surface area contributed by atoms with Crippen molar-refractivity contribution in [1.82, 2.24) is 5.32 Å². The van der Waals surface area contributed by atoms with Crippen LogP contribution in [0.3, 0.4) is 0 Å². The van der Waals surface area contributed by atoms with Crippen LogP contribution in [-0.4, -0.2) is 35.9 Å². The summed E-state index contributed by atoms with van der Waals surface area (Å²) in [5, 5.41) is 6.10. The normalized spacial score (nSPS) is 17.9. The van der Waals surface area contributed by atoms with Crippen LogP contribution >= 0.6 is 24.2 Å². The Morgan fingerprint density at radius 3 is 2.90 bits per heavy atom. The predicted molar refractivity (Wildman–Crippen MR) is 84.6 cm³/mol. The van der Waals surface area contributed by atoms with E-state index in [-0.39, 0.29) is 24.4 Å². The van der Waals surface area contributed by atoms with Gasteiger partial charge in [0.2, 0.25) is 11.8 Å². The van der Waals surface area contributed by atoms with E-state index in [0.29, 0.717) is 17.7 Å². The van der Waals surface area contributed by atoms with E-state index in [4.69, 9.17) is 5.73 Å². The molecule has 1 aromatic rings. The fraction of sp³-hybridized carbons (Fsp3) is 0.385. The minimum Gasteiger partial charge on any atom is -0.366 e. The van der Waals surface area contributed by atoms with Crippen molar-refractivity contribution in [3.8, 4) is 0 Å². The first-order valence-corrected chi connectivity index (χ1v) is 7.31. The number of thioether (sulfide) groups is 1. The van der Waals surface area contributed by atoms with Gasteiger partial charge in [0.15, 0.2) is 0 Å². The average molecular weight is 316 g/mol. The summed E-state index contributed by atoms with van der Waals surface area (Å²) in [5.74, 6) is 1.50. The van der Waals surface area contributed by atoms with Gasteiger partial charge < -0.3 is 16.4 Å². The molecule has 2 amide bonds. The lowest BCUT2D eigenvalue weighted by atomic mass is 10.1. The third-order valence-electron chi connectivity index (χ3n) is 2.86. The summed E-state index contributed by atoms with van der Waals surface area (Å²) < 4.78 is 0. The van der Waals surface area contributed by atoms with Crippen molar-refractivity contribution in [3.05, 3.63) is 29.8 Å². The fourth-order valence-corrected chi connectivity index (χ4v) is 2.89. The summed E-state index contributed by atoms with van der Waals surface area (Å²) in [4.78, 5) is 22.9. The number of anilines is 1. The summed E-state index contributed by atoms with van der Waals surface area (Å²) in [7, 11) is 0. The molecule has 0 aliphatic carbocycles. The number of hydrogen-bond donors (Lipinski definition) is 3. The molecular weight excluding hydrogens is 298 g/mol. The number of amides is 2. The number of primary amides is 1. The van der Waals surface area contributed by atoms with Gasteiger partial charge in [0.25, 0.3) is 0 Å². The zero-order valence-electron chi connectivity index (χ0n) is 10.9. The summed E-state index contributed by atoms with van der Waals surface area (Å²) in [5.41, 5.74) is 6.19. The number of hydrogen-bond acceptors (Lipinski definition) is 4. The Morgan fingerprint density at radius 1 is 1.45 bits per heavy atom. The molecule has 5 nitrogen and oxygen atoms in total. The Bertz CT molecular complexity index is 478. The lowest BCUT2D eigenvalue weighted by Crippen LogP contribution is -2.39. The molecule has 1 heterocycles. The van der Waals surface area contributed by atoms with Gasteiger partial charge in [-0.15, -0.1) is 12.4 Å². The molecule has 1 atom stereocenters. The van der Waals surface area contributed by atoms with Gasteiger partial charge in [0, 0.05) is 41.8 Å². The predicted octanol–water partition coefficient (Wildman–Crippen LogP) is 1.24. The molecule has 1 fully saturated rings. The standard InChI is InChI=1S/C13H17N3O2S.ClH/c14-13(18)9-2-1-3-10(6-9)16-12(17)7-11-8-19-5-4-15-11;/h1-3,6,11,15H,4-5,7-8H2,(H2,14,18)(H,16,17);1H. The monoisotopic (exact) mass is 315 g/mol. The second kappa shape index (κ2) is 8.14. The number of carbonyl (C=O) groups is 2. The Balaban J connectivity index is 0.00000200. The highest BCUT2D eigenvalue weighted by Gasteiger charge is 2.16. The molecular formula is C13H18ClN3O2S. The Hall–Kier alpha value is -1.24. The molecule has 1 unspecified atom stereocenters. The highest BCUT2D eigenvalue weighted by Crippen LogP contribution is 2.13. The molecule has 1 aromatic carbocycles. The van der Waals surface area contributed by atoms with Crippen LogP contribution in [-0.2, 0) is 4.79 Å². The zero-order chi connectivity index (χ0) is 13.7. The summed E-state index contributed by atoms with van der Waals surface area (Å²) in [6.45, 7) is 0.944. The first-order chi connectivity index (χ1) is 9.15. The highest BCUT2D eigenvalue weighted by atomic mass is 35.5. The van der Waals surface area contributed by atoms with Gasteiger partial charge in [-0.3, -0.25) is 9.59 Å². The third kappa shape index (κ3) is 5.03. The third-order valence-corrected chi connectivity index (χ3v) is 3.99. The Morgan fingerprint density at radius 2 is 2.25 bits per heavy atom. The number of rotatable bonds is 4. The van der Waals surface area contributed by atoms with Crippen LogP contribution in [0.1, 0.15) is 16.8 Å². The summed E-state index contributed by atoms with van der Waals surface area (Å²) in [6, 6.07) is 6.87. The van der Waals surface area contributed by atoms with Crippen LogP contribution in [0.5, 0.6) is 0 Å².